The lowest BCUT2D eigenvalue weighted by Crippen LogP contribution is -2.55. The molecule has 1 aliphatic heterocycles. The van der Waals surface area contributed by atoms with Gasteiger partial charge in [-0.05, 0) is 18.9 Å². The Morgan fingerprint density at radius 2 is 2.29 bits per heavy atom. The Morgan fingerprint density at radius 1 is 1.46 bits per heavy atom. The molecular formula is C16H22N6O2. The zero-order valence-electron chi connectivity index (χ0n) is 14.0. The van der Waals surface area contributed by atoms with Crippen molar-refractivity contribution < 1.29 is 9.90 Å². The van der Waals surface area contributed by atoms with E-state index in [4.69, 9.17) is 0 Å². The second-order valence-corrected chi connectivity index (χ2v) is 6.35. The van der Waals surface area contributed by atoms with Crippen molar-refractivity contribution in [1.82, 2.24) is 24.6 Å². The third-order valence-electron chi connectivity index (χ3n) is 4.24. The molecule has 1 amide bonds. The molecule has 1 fully saturated rings. The molecule has 1 atom stereocenters. The first-order valence-electron chi connectivity index (χ1n) is 7.95. The number of amides is 1. The Morgan fingerprint density at radius 3 is 2.96 bits per heavy atom. The van der Waals surface area contributed by atoms with Gasteiger partial charge in [-0.15, -0.1) is 0 Å². The summed E-state index contributed by atoms with van der Waals surface area (Å²) in [5.74, 6) is 0.551. The molecule has 3 heterocycles. The van der Waals surface area contributed by atoms with Crippen molar-refractivity contribution in [3.8, 4) is 0 Å². The van der Waals surface area contributed by atoms with E-state index in [1.165, 1.54) is 4.90 Å². The van der Waals surface area contributed by atoms with Crippen LogP contribution >= 0.6 is 0 Å². The topological polar surface area (TPSA) is 87.4 Å². The molecule has 0 aliphatic carbocycles. The van der Waals surface area contributed by atoms with Gasteiger partial charge in [-0.3, -0.25) is 14.5 Å². The number of aromatic nitrogens is 4. The van der Waals surface area contributed by atoms with Crippen molar-refractivity contribution in [3.05, 3.63) is 36.5 Å². The van der Waals surface area contributed by atoms with Crippen molar-refractivity contribution in [2.45, 2.75) is 18.4 Å². The van der Waals surface area contributed by atoms with E-state index in [0.29, 0.717) is 18.7 Å². The van der Waals surface area contributed by atoms with Crippen LogP contribution in [-0.4, -0.2) is 67.9 Å². The molecule has 0 radical (unpaired) electrons. The van der Waals surface area contributed by atoms with Crippen molar-refractivity contribution in [2.24, 2.45) is 7.05 Å². The molecular weight excluding hydrogens is 308 g/mol. The SMILES string of the molecule is CN(CC1(O)CCCN(c2cnccn2)C1)C(=O)c1ccn(C)n1. The third-order valence-corrected chi connectivity index (χ3v) is 4.24. The summed E-state index contributed by atoms with van der Waals surface area (Å²) in [5, 5.41) is 15.1. The number of β-amino-alcohol motifs (C(OH)–C–C–N with tert-alkyl or cyclic N) is 1. The molecule has 0 aromatic carbocycles. The molecule has 1 aliphatic rings. The molecule has 2 aromatic rings. The normalized spacial score (nSPS) is 20.9. The van der Waals surface area contributed by atoms with Crippen LogP contribution in [0.4, 0.5) is 5.82 Å². The zero-order valence-corrected chi connectivity index (χ0v) is 14.0. The van der Waals surface area contributed by atoms with Crippen LogP contribution in [0.25, 0.3) is 0 Å². The van der Waals surface area contributed by atoms with Crippen LogP contribution in [0.1, 0.15) is 23.3 Å². The highest BCUT2D eigenvalue weighted by Gasteiger charge is 2.36. The van der Waals surface area contributed by atoms with Gasteiger partial charge in [0.1, 0.15) is 11.5 Å². The lowest BCUT2D eigenvalue weighted by Gasteiger charge is -2.41. The molecule has 2 aromatic heterocycles. The Hall–Kier alpha value is -2.48. The fourth-order valence-electron chi connectivity index (χ4n) is 3.13. The van der Waals surface area contributed by atoms with E-state index in [9.17, 15) is 9.90 Å². The molecule has 128 valence electrons. The maximum Gasteiger partial charge on any atom is 0.274 e. The lowest BCUT2D eigenvalue weighted by atomic mass is 9.92. The van der Waals surface area contributed by atoms with Crippen LogP contribution in [0.3, 0.4) is 0 Å². The predicted octanol–water partition coefficient (Wildman–Crippen LogP) is 0.314. The maximum absolute atomic E-state index is 12.4. The first kappa shape index (κ1) is 16.4. The van der Waals surface area contributed by atoms with Crippen molar-refractivity contribution in [2.75, 3.05) is 31.6 Å². The van der Waals surface area contributed by atoms with Gasteiger partial charge in [0, 0.05) is 45.8 Å². The van der Waals surface area contributed by atoms with E-state index >= 15 is 0 Å². The molecule has 0 spiro atoms. The second-order valence-electron chi connectivity index (χ2n) is 6.35. The predicted molar refractivity (Wildman–Crippen MR) is 88.6 cm³/mol. The molecule has 1 N–H and O–H groups in total. The number of nitrogens with zero attached hydrogens (tertiary/aromatic N) is 6. The standard InChI is InChI=1S/C16H22N6O2/c1-20(15(23)13-4-9-21(2)19-13)11-16(24)5-3-8-22(12-16)14-10-17-6-7-18-14/h4,6-7,9-10,24H,3,5,8,11-12H2,1-2H3. The summed E-state index contributed by atoms with van der Waals surface area (Å²) in [7, 11) is 3.46. The average Bonchev–Trinajstić information content (AvgIpc) is 3.01. The molecule has 0 saturated carbocycles. The number of aryl methyl sites for hydroxylation is 1. The van der Waals surface area contributed by atoms with Crippen LogP contribution in [0.5, 0.6) is 0 Å². The molecule has 0 bridgehead atoms. The minimum Gasteiger partial charge on any atom is -0.386 e. The Labute approximate surface area is 140 Å². The van der Waals surface area contributed by atoms with Gasteiger partial charge in [0.2, 0.25) is 0 Å². The quantitative estimate of drug-likeness (QED) is 0.868. The Kier molecular flexibility index (Phi) is 4.48. The molecule has 8 nitrogen and oxygen atoms in total. The van der Waals surface area contributed by atoms with Gasteiger partial charge in [-0.2, -0.15) is 5.10 Å². The summed E-state index contributed by atoms with van der Waals surface area (Å²) in [5.41, 5.74) is -0.597. The second kappa shape index (κ2) is 6.56. The number of anilines is 1. The number of carbonyl (C=O) groups is 1. The summed E-state index contributed by atoms with van der Waals surface area (Å²) in [6.07, 6.45) is 8.15. The van der Waals surface area contributed by atoms with E-state index in [-0.39, 0.29) is 12.5 Å². The monoisotopic (exact) mass is 330 g/mol. The van der Waals surface area contributed by atoms with Crippen LogP contribution in [0.15, 0.2) is 30.9 Å². The van der Waals surface area contributed by atoms with Crippen LogP contribution in [0.2, 0.25) is 0 Å². The highest BCUT2D eigenvalue weighted by Crippen LogP contribution is 2.25. The van der Waals surface area contributed by atoms with Crippen molar-refractivity contribution in [3.63, 3.8) is 0 Å². The van der Waals surface area contributed by atoms with Gasteiger partial charge >= 0.3 is 0 Å². The summed E-state index contributed by atoms with van der Waals surface area (Å²) in [6.45, 7) is 1.49. The fourth-order valence-corrected chi connectivity index (χ4v) is 3.13. The molecule has 24 heavy (non-hydrogen) atoms. The van der Waals surface area contributed by atoms with E-state index in [1.54, 1.807) is 49.6 Å². The minimum absolute atomic E-state index is 0.194. The summed E-state index contributed by atoms with van der Waals surface area (Å²) >= 11 is 0. The highest BCUT2D eigenvalue weighted by atomic mass is 16.3. The number of hydrogen-bond donors (Lipinski definition) is 1. The Bertz CT molecular complexity index is 704. The van der Waals surface area contributed by atoms with Crippen LogP contribution < -0.4 is 4.90 Å². The summed E-state index contributed by atoms with van der Waals surface area (Å²) in [4.78, 5) is 24.3. The van der Waals surface area contributed by atoms with Crippen LogP contribution in [0, 0.1) is 0 Å². The Balaban J connectivity index is 1.67. The van der Waals surface area contributed by atoms with Gasteiger partial charge in [0.05, 0.1) is 18.3 Å². The molecule has 1 saturated heterocycles. The zero-order chi connectivity index (χ0) is 17.2. The number of piperidine rings is 1. The fraction of sp³-hybridized carbons (Fsp3) is 0.500. The first-order chi connectivity index (χ1) is 11.5. The summed E-state index contributed by atoms with van der Waals surface area (Å²) in [6, 6.07) is 1.68. The van der Waals surface area contributed by atoms with Gasteiger partial charge in [-0.25, -0.2) is 4.98 Å². The van der Waals surface area contributed by atoms with E-state index < -0.39 is 5.60 Å². The van der Waals surface area contributed by atoms with Gasteiger partial charge in [-0.1, -0.05) is 0 Å². The first-order valence-corrected chi connectivity index (χ1v) is 7.95. The van der Waals surface area contributed by atoms with Crippen LogP contribution in [-0.2, 0) is 7.05 Å². The van der Waals surface area contributed by atoms with E-state index in [0.717, 1.165) is 18.8 Å². The highest BCUT2D eigenvalue weighted by molar-refractivity contribution is 5.92. The summed E-state index contributed by atoms with van der Waals surface area (Å²) < 4.78 is 1.59. The number of aliphatic hydroxyl groups is 1. The number of carbonyl (C=O) groups excluding carboxylic acids is 1. The minimum atomic E-state index is -0.977. The maximum atomic E-state index is 12.4. The van der Waals surface area contributed by atoms with Crippen molar-refractivity contribution >= 4 is 11.7 Å². The van der Waals surface area contributed by atoms with Gasteiger partial charge in [0.15, 0.2) is 0 Å². The van der Waals surface area contributed by atoms with Gasteiger partial charge < -0.3 is 14.9 Å². The number of likely N-dealkylation sites (N-methyl/N-ethyl adjacent to an activating group) is 1. The molecule has 1 unspecified atom stereocenters. The third kappa shape index (κ3) is 3.53. The number of hydrogen-bond acceptors (Lipinski definition) is 6. The van der Waals surface area contributed by atoms with Crippen molar-refractivity contribution in [1.29, 1.82) is 0 Å². The molecule has 8 heteroatoms. The van der Waals surface area contributed by atoms with E-state index in [1.807, 2.05) is 4.90 Å². The smallest absolute Gasteiger partial charge is 0.274 e. The average molecular weight is 330 g/mol. The lowest BCUT2D eigenvalue weighted by molar-refractivity contribution is -0.000305. The van der Waals surface area contributed by atoms with E-state index in [2.05, 4.69) is 15.1 Å². The largest absolute Gasteiger partial charge is 0.386 e. The number of rotatable bonds is 4. The van der Waals surface area contributed by atoms with Gasteiger partial charge in [0.25, 0.3) is 5.91 Å². The molecule has 3 rings (SSSR count).